The number of anilines is 1. The number of para-hydroxylation sites is 1. The first kappa shape index (κ1) is 18.1. The molecule has 0 aromatic heterocycles. The summed E-state index contributed by atoms with van der Waals surface area (Å²) in [5.41, 5.74) is 3.42. The predicted molar refractivity (Wildman–Crippen MR) is 108 cm³/mol. The normalized spacial score (nSPS) is 20.3. The zero-order valence-corrected chi connectivity index (χ0v) is 16.0. The van der Waals surface area contributed by atoms with E-state index in [2.05, 4.69) is 28.4 Å². The minimum Gasteiger partial charge on any atom is -0.496 e. The molecule has 4 nitrogen and oxygen atoms in total. The smallest absolute Gasteiger partial charge is 0.241 e. The van der Waals surface area contributed by atoms with Gasteiger partial charge in [-0.2, -0.15) is 0 Å². The molecule has 1 atom stereocenters. The van der Waals surface area contributed by atoms with E-state index in [0.29, 0.717) is 0 Å². The van der Waals surface area contributed by atoms with Crippen molar-refractivity contribution in [3.63, 3.8) is 0 Å². The number of piperidine rings is 1. The van der Waals surface area contributed by atoms with E-state index < -0.39 is 0 Å². The predicted octanol–water partition coefficient (Wildman–Crippen LogP) is 4.57. The Hall–Kier alpha value is -2.33. The average molecular weight is 364 g/mol. The van der Waals surface area contributed by atoms with Gasteiger partial charge in [0.2, 0.25) is 5.91 Å². The summed E-state index contributed by atoms with van der Waals surface area (Å²) in [7, 11) is 1.70. The fourth-order valence-electron chi connectivity index (χ4n) is 4.01. The number of nitrogens with one attached hydrogen (secondary N) is 1. The highest BCUT2D eigenvalue weighted by Gasteiger charge is 2.29. The van der Waals surface area contributed by atoms with Crippen molar-refractivity contribution in [3.8, 4) is 5.75 Å². The number of benzene rings is 2. The van der Waals surface area contributed by atoms with Crippen LogP contribution in [0.15, 0.2) is 48.5 Å². The molecule has 1 amide bonds. The number of rotatable bonds is 6. The first-order valence-corrected chi connectivity index (χ1v) is 10.0. The Morgan fingerprint density at radius 2 is 1.85 bits per heavy atom. The number of hydrogen-bond acceptors (Lipinski definition) is 3. The van der Waals surface area contributed by atoms with E-state index in [1.807, 2.05) is 30.3 Å². The summed E-state index contributed by atoms with van der Waals surface area (Å²) >= 11 is 0. The molecule has 27 heavy (non-hydrogen) atoms. The number of methoxy groups -OCH3 is 1. The topological polar surface area (TPSA) is 41.6 Å². The van der Waals surface area contributed by atoms with Crippen molar-refractivity contribution in [1.82, 2.24) is 4.90 Å². The van der Waals surface area contributed by atoms with Gasteiger partial charge in [0.05, 0.1) is 13.2 Å². The highest BCUT2D eigenvalue weighted by atomic mass is 16.5. The highest BCUT2D eigenvalue weighted by molar-refractivity contribution is 5.94. The summed E-state index contributed by atoms with van der Waals surface area (Å²) in [6.07, 6.45) is 5.73. The number of hydrogen-bond donors (Lipinski definition) is 1. The summed E-state index contributed by atoms with van der Waals surface area (Å²) in [4.78, 5) is 15.3. The molecule has 0 bridgehead atoms. The van der Waals surface area contributed by atoms with E-state index in [1.54, 1.807) is 7.11 Å². The molecule has 0 unspecified atom stereocenters. The Kier molecular flexibility index (Phi) is 5.44. The van der Waals surface area contributed by atoms with Crippen LogP contribution in [0.25, 0.3) is 0 Å². The summed E-state index contributed by atoms with van der Waals surface area (Å²) < 4.78 is 5.49. The van der Waals surface area contributed by atoms with Crippen LogP contribution in [0.2, 0.25) is 0 Å². The maximum absolute atomic E-state index is 13.0. The lowest BCUT2D eigenvalue weighted by Crippen LogP contribution is -2.46. The Balaban J connectivity index is 1.43. The summed E-state index contributed by atoms with van der Waals surface area (Å²) in [6, 6.07) is 16.4. The van der Waals surface area contributed by atoms with Crippen molar-refractivity contribution in [2.45, 2.75) is 50.6 Å². The van der Waals surface area contributed by atoms with Crippen molar-refractivity contribution in [3.05, 3.63) is 59.7 Å². The molecule has 2 aromatic rings. The maximum Gasteiger partial charge on any atom is 0.241 e. The van der Waals surface area contributed by atoms with Crippen LogP contribution in [0.5, 0.6) is 5.75 Å². The molecular weight excluding hydrogens is 336 g/mol. The lowest BCUT2D eigenvalue weighted by molar-refractivity contribution is -0.122. The summed E-state index contributed by atoms with van der Waals surface area (Å²) in [5, 5.41) is 3.13. The van der Waals surface area contributed by atoms with Gasteiger partial charge in [0.15, 0.2) is 0 Å². The minimum absolute atomic E-state index is 0.0910. The van der Waals surface area contributed by atoms with Crippen molar-refractivity contribution < 1.29 is 9.53 Å². The van der Waals surface area contributed by atoms with Crippen LogP contribution < -0.4 is 10.1 Å². The van der Waals surface area contributed by atoms with Crippen molar-refractivity contribution >= 4 is 11.6 Å². The molecule has 1 saturated heterocycles. The van der Waals surface area contributed by atoms with Crippen LogP contribution in [0, 0.1) is 0 Å². The highest BCUT2D eigenvalue weighted by Crippen LogP contribution is 2.40. The molecule has 4 heteroatoms. The number of carbonyl (C=O) groups is 1. The average Bonchev–Trinajstić information content (AvgIpc) is 3.55. The second kappa shape index (κ2) is 8.13. The van der Waals surface area contributed by atoms with E-state index >= 15 is 0 Å². The third-order valence-electron chi connectivity index (χ3n) is 5.71. The second-order valence-electron chi connectivity index (χ2n) is 7.68. The number of carbonyl (C=O) groups excluding carboxylic acids is 1. The number of ether oxygens (including phenoxy) is 1. The largest absolute Gasteiger partial charge is 0.496 e. The SMILES string of the molecule is COc1ccccc1CN1CCCC[C@@H]1C(=O)Nc1ccc(C2CC2)cc1. The standard InChI is InChI=1S/C23H28N2O2/c1-27-22-8-3-2-6-19(22)16-25-15-5-4-7-21(25)23(26)24-20-13-11-18(12-14-20)17-9-10-17/h2-3,6,8,11-14,17,21H,4-5,7,9-10,15-16H2,1H3,(H,24,26)/t21-/m1/s1. The van der Waals surface area contributed by atoms with Crippen LogP contribution in [0.3, 0.4) is 0 Å². The van der Waals surface area contributed by atoms with Gasteiger partial charge in [0, 0.05) is 17.8 Å². The summed E-state index contributed by atoms with van der Waals surface area (Å²) in [5.74, 6) is 1.73. The van der Waals surface area contributed by atoms with Gasteiger partial charge < -0.3 is 10.1 Å². The molecule has 0 spiro atoms. The molecule has 4 rings (SSSR count). The monoisotopic (exact) mass is 364 g/mol. The van der Waals surface area contributed by atoms with Crippen molar-refractivity contribution in [1.29, 1.82) is 0 Å². The molecule has 2 aliphatic rings. The first-order valence-electron chi connectivity index (χ1n) is 10.0. The molecule has 0 radical (unpaired) electrons. The van der Waals surface area contributed by atoms with Gasteiger partial charge in [0.1, 0.15) is 5.75 Å². The molecule has 2 fully saturated rings. The maximum atomic E-state index is 13.0. The minimum atomic E-state index is -0.0910. The zero-order chi connectivity index (χ0) is 18.6. The van der Waals surface area contributed by atoms with E-state index in [9.17, 15) is 4.79 Å². The molecule has 1 heterocycles. The first-order chi connectivity index (χ1) is 13.2. The third kappa shape index (κ3) is 4.33. The number of amides is 1. The summed E-state index contributed by atoms with van der Waals surface area (Å²) in [6.45, 7) is 1.68. The molecule has 2 aromatic carbocycles. The van der Waals surface area contributed by atoms with Crippen LogP contribution in [-0.2, 0) is 11.3 Å². The van der Waals surface area contributed by atoms with E-state index in [-0.39, 0.29) is 11.9 Å². The quantitative estimate of drug-likeness (QED) is 0.817. The second-order valence-corrected chi connectivity index (χ2v) is 7.68. The van der Waals surface area contributed by atoms with Gasteiger partial charge in [-0.05, 0) is 61.9 Å². The van der Waals surface area contributed by atoms with Gasteiger partial charge in [-0.1, -0.05) is 36.8 Å². The van der Waals surface area contributed by atoms with E-state index in [1.165, 1.54) is 18.4 Å². The van der Waals surface area contributed by atoms with E-state index in [0.717, 1.165) is 55.3 Å². The molecule has 142 valence electrons. The molecule has 1 saturated carbocycles. The van der Waals surface area contributed by atoms with Crippen LogP contribution in [0.4, 0.5) is 5.69 Å². The third-order valence-corrected chi connectivity index (χ3v) is 5.71. The number of nitrogens with zero attached hydrogens (tertiary/aromatic N) is 1. The van der Waals surface area contributed by atoms with Gasteiger partial charge >= 0.3 is 0 Å². The Bertz CT molecular complexity index is 783. The van der Waals surface area contributed by atoms with E-state index in [4.69, 9.17) is 4.74 Å². The van der Waals surface area contributed by atoms with Crippen LogP contribution in [-0.4, -0.2) is 30.5 Å². The molecule has 1 N–H and O–H groups in total. The van der Waals surface area contributed by atoms with Crippen molar-refractivity contribution in [2.24, 2.45) is 0 Å². The van der Waals surface area contributed by atoms with Gasteiger partial charge in [0.25, 0.3) is 0 Å². The van der Waals surface area contributed by atoms with Gasteiger partial charge in [-0.25, -0.2) is 0 Å². The molecule has 1 aliphatic heterocycles. The van der Waals surface area contributed by atoms with Gasteiger partial charge in [-0.3, -0.25) is 9.69 Å². The molecule has 1 aliphatic carbocycles. The zero-order valence-electron chi connectivity index (χ0n) is 16.0. The van der Waals surface area contributed by atoms with Crippen LogP contribution in [0.1, 0.15) is 49.1 Å². The Labute approximate surface area is 161 Å². The fourth-order valence-corrected chi connectivity index (χ4v) is 4.01. The lowest BCUT2D eigenvalue weighted by Gasteiger charge is -2.35. The number of likely N-dealkylation sites (tertiary alicyclic amines) is 1. The fraction of sp³-hybridized carbons (Fsp3) is 0.435. The van der Waals surface area contributed by atoms with Crippen molar-refractivity contribution in [2.75, 3.05) is 19.0 Å². The van der Waals surface area contributed by atoms with Crippen LogP contribution >= 0.6 is 0 Å². The Morgan fingerprint density at radius 3 is 2.59 bits per heavy atom. The Morgan fingerprint density at radius 1 is 1.07 bits per heavy atom. The lowest BCUT2D eigenvalue weighted by atomic mass is 10.00. The van der Waals surface area contributed by atoms with Gasteiger partial charge in [-0.15, -0.1) is 0 Å². The molecular formula is C23H28N2O2.